The Balaban J connectivity index is 1.93. The van der Waals surface area contributed by atoms with Gasteiger partial charge in [-0.25, -0.2) is 0 Å². The molecule has 3 rings (SSSR count). The number of hydrogen-bond acceptors (Lipinski definition) is 4. The van der Waals surface area contributed by atoms with Crippen LogP contribution in [0.1, 0.15) is 10.4 Å². The number of carbonyl (C=O) groups excluding carboxylic acids is 1. The van der Waals surface area contributed by atoms with Gasteiger partial charge in [0.2, 0.25) is 0 Å². The maximum atomic E-state index is 12.5. The summed E-state index contributed by atoms with van der Waals surface area (Å²) in [5.41, 5.74) is 2.78. The van der Waals surface area contributed by atoms with E-state index >= 15 is 0 Å². The topological polar surface area (TPSA) is 60.5 Å². The summed E-state index contributed by atoms with van der Waals surface area (Å²) in [6, 6.07) is 16.6. The quantitative estimate of drug-likeness (QED) is 0.765. The third kappa shape index (κ3) is 3.77. The second-order valence-corrected chi connectivity index (χ2v) is 5.35. The van der Waals surface area contributed by atoms with Crippen LogP contribution in [0.4, 0.5) is 5.69 Å². The molecule has 0 aliphatic heterocycles. The van der Waals surface area contributed by atoms with Gasteiger partial charge < -0.3 is 14.8 Å². The summed E-state index contributed by atoms with van der Waals surface area (Å²) < 4.78 is 10.7. The van der Waals surface area contributed by atoms with Crippen molar-refractivity contribution in [1.82, 2.24) is 4.98 Å². The van der Waals surface area contributed by atoms with Gasteiger partial charge in [-0.15, -0.1) is 0 Å². The number of ether oxygens (including phenoxy) is 2. The summed E-state index contributed by atoms with van der Waals surface area (Å²) in [5, 5.41) is 2.85. The minimum absolute atomic E-state index is 0.220. The zero-order chi connectivity index (χ0) is 17.6. The standard InChI is InChI=1S/C20H18N2O3/c1-24-17-8-9-19(25-2)18(11-17)14-10-15(13-21-12-14)20(23)22-16-6-4-3-5-7-16/h3-13H,1-2H3,(H,22,23). The molecule has 1 aromatic heterocycles. The van der Waals surface area contributed by atoms with Crippen molar-refractivity contribution in [3.63, 3.8) is 0 Å². The molecule has 0 radical (unpaired) electrons. The Morgan fingerprint density at radius 3 is 2.48 bits per heavy atom. The smallest absolute Gasteiger partial charge is 0.257 e. The number of pyridine rings is 1. The molecule has 0 saturated carbocycles. The van der Waals surface area contributed by atoms with Crippen LogP contribution in [-0.4, -0.2) is 25.1 Å². The van der Waals surface area contributed by atoms with E-state index in [0.717, 1.165) is 16.8 Å². The van der Waals surface area contributed by atoms with Crippen LogP contribution in [0.5, 0.6) is 11.5 Å². The molecule has 2 aromatic carbocycles. The lowest BCUT2D eigenvalue weighted by atomic mass is 10.0. The number of carbonyl (C=O) groups is 1. The van der Waals surface area contributed by atoms with E-state index in [0.29, 0.717) is 17.1 Å². The molecule has 0 bridgehead atoms. The predicted molar refractivity (Wildman–Crippen MR) is 97.2 cm³/mol. The summed E-state index contributed by atoms with van der Waals surface area (Å²) in [6.45, 7) is 0. The van der Waals surface area contributed by atoms with Crippen molar-refractivity contribution >= 4 is 11.6 Å². The number of anilines is 1. The van der Waals surface area contributed by atoms with Crippen LogP contribution in [0.2, 0.25) is 0 Å². The number of hydrogen-bond donors (Lipinski definition) is 1. The van der Waals surface area contributed by atoms with Crippen molar-refractivity contribution in [1.29, 1.82) is 0 Å². The van der Waals surface area contributed by atoms with Crippen LogP contribution >= 0.6 is 0 Å². The van der Waals surface area contributed by atoms with Gasteiger partial charge in [-0.1, -0.05) is 18.2 Å². The van der Waals surface area contributed by atoms with E-state index in [1.807, 2.05) is 48.5 Å². The highest BCUT2D eigenvalue weighted by molar-refractivity contribution is 6.04. The summed E-state index contributed by atoms with van der Waals surface area (Å²) in [6.07, 6.45) is 3.23. The van der Waals surface area contributed by atoms with Crippen molar-refractivity contribution in [2.45, 2.75) is 0 Å². The number of para-hydroxylation sites is 1. The van der Waals surface area contributed by atoms with Crippen LogP contribution in [0, 0.1) is 0 Å². The zero-order valence-electron chi connectivity index (χ0n) is 14.0. The van der Waals surface area contributed by atoms with Gasteiger partial charge >= 0.3 is 0 Å². The molecule has 25 heavy (non-hydrogen) atoms. The molecular weight excluding hydrogens is 316 g/mol. The highest BCUT2D eigenvalue weighted by atomic mass is 16.5. The maximum Gasteiger partial charge on any atom is 0.257 e. The first-order valence-corrected chi connectivity index (χ1v) is 7.75. The number of amides is 1. The number of benzene rings is 2. The van der Waals surface area contributed by atoms with Gasteiger partial charge in [-0.05, 0) is 36.4 Å². The third-order valence-electron chi connectivity index (χ3n) is 3.75. The van der Waals surface area contributed by atoms with Crippen LogP contribution in [0.15, 0.2) is 67.0 Å². The summed E-state index contributed by atoms with van der Waals surface area (Å²) >= 11 is 0. The van der Waals surface area contributed by atoms with Crippen molar-refractivity contribution in [2.24, 2.45) is 0 Å². The predicted octanol–water partition coefficient (Wildman–Crippen LogP) is 4.02. The van der Waals surface area contributed by atoms with Gasteiger partial charge in [-0.2, -0.15) is 0 Å². The van der Waals surface area contributed by atoms with Gasteiger partial charge in [-0.3, -0.25) is 9.78 Å². The number of methoxy groups -OCH3 is 2. The maximum absolute atomic E-state index is 12.5. The van der Waals surface area contributed by atoms with Crippen LogP contribution in [0.3, 0.4) is 0 Å². The fourth-order valence-electron chi connectivity index (χ4n) is 2.48. The second-order valence-electron chi connectivity index (χ2n) is 5.35. The molecule has 126 valence electrons. The molecule has 5 heteroatoms. The highest BCUT2D eigenvalue weighted by Gasteiger charge is 2.12. The molecule has 5 nitrogen and oxygen atoms in total. The number of nitrogens with one attached hydrogen (secondary N) is 1. The molecule has 3 aromatic rings. The Morgan fingerprint density at radius 1 is 0.960 bits per heavy atom. The van der Waals surface area contributed by atoms with E-state index in [-0.39, 0.29) is 5.91 Å². The lowest BCUT2D eigenvalue weighted by Gasteiger charge is -2.11. The molecule has 0 aliphatic carbocycles. The number of nitrogens with zero attached hydrogens (tertiary/aromatic N) is 1. The molecule has 0 unspecified atom stereocenters. The van der Waals surface area contributed by atoms with Crippen molar-refractivity contribution in [2.75, 3.05) is 19.5 Å². The third-order valence-corrected chi connectivity index (χ3v) is 3.75. The Morgan fingerprint density at radius 2 is 1.76 bits per heavy atom. The largest absolute Gasteiger partial charge is 0.497 e. The monoisotopic (exact) mass is 334 g/mol. The summed E-state index contributed by atoms with van der Waals surface area (Å²) in [4.78, 5) is 16.7. The molecule has 1 N–H and O–H groups in total. The SMILES string of the molecule is COc1ccc(OC)c(-c2cncc(C(=O)Nc3ccccc3)c2)c1. The first kappa shape index (κ1) is 16.5. The van der Waals surface area contributed by atoms with E-state index in [1.54, 1.807) is 26.5 Å². The molecule has 0 fully saturated rings. The lowest BCUT2D eigenvalue weighted by Crippen LogP contribution is -2.12. The van der Waals surface area contributed by atoms with Crippen LogP contribution < -0.4 is 14.8 Å². The van der Waals surface area contributed by atoms with Gasteiger partial charge in [0.15, 0.2) is 0 Å². The van der Waals surface area contributed by atoms with Crippen molar-refractivity contribution in [3.05, 3.63) is 72.6 Å². The van der Waals surface area contributed by atoms with Gasteiger partial charge in [0.05, 0.1) is 19.8 Å². The molecule has 0 atom stereocenters. The molecule has 1 heterocycles. The first-order chi connectivity index (χ1) is 12.2. The molecule has 0 aliphatic rings. The average molecular weight is 334 g/mol. The van der Waals surface area contributed by atoms with E-state index in [1.165, 1.54) is 6.20 Å². The molecule has 0 spiro atoms. The van der Waals surface area contributed by atoms with E-state index in [9.17, 15) is 4.79 Å². The van der Waals surface area contributed by atoms with E-state index in [2.05, 4.69) is 10.3 Å². The second kappa shape index (κ2) is 7.49. The Bertz CT molecular complexity index is 879. The summed E-state index contributed by atoms with van der Waals surface area (Å²) in [5.74, 6) is 1.17. The summed E-state index contributed by atoms with van der Waals surface area (Å²) in [7, 11) is 3.21. The lowest BCUT2D eigenvalue weighted by molar-refractivity contribution is 0.102. The van der Waals surface area contributed by atoms with Gasteiger partial charge in [0.25, 0.3) is 5.91 Å². The number of aromatic nitrogens is 1. The van der Waals surface area contributed by atoms with E-state index < -0.39 is 0 Å². The van der Waals surface area contributed by atoms with Crippen LogP contribution in [0.25, 0.3) is 11.1 Å². The molecule has 0 saturated heterocycles. The normalized spacial score (nSPS) is 10.2. The van der Waals surface area contributed by atoms with E-state index in [4.69, 9.17) is 9.47 Å². The average Bonchev–Trinajstić information content (AvgIpc) is 2.68. The Labute approximate surface area is 146 Å². The van der Waals surface area contributed by atoms with Gasteiger partial charge in [0, 0.05) is 29.2 Å². The minimum atomic E-state index is -0.220. The number of rotatable bonds is 5. The fraction of sp³-hybridized carbons (Fsp3) is 0.100. The highest BCUT2D eigenvalue weighted by Crippen LogP contribution is 2.33. The fourth-order valence-corrected chi connectivity index (χ4v) is 2.48. The van der Waals surface area contributed by atoms with Crippen molar-refractivity contribution in [3.8, 4) is 22.6 Å². The first-order valence-electron chi connectivity index (χ1n) is 7.75. The zero-order valence-corrected chi connectivity index (χ0v) is 14.0. The molecule has 1 amide bonds. The van der Waals surface area contributed by atoms with Gasteiger partial charge in [0.1, 0.15) is 11.5 Å². The molecular formula is C20H18N2O3. The Hall–Kier alpha value is -3.34. The van der Waals surface area contributed by atoms with Crippen LogP contribution in [-0.2, 0) is 0 Å². The van der Waals surface area contributed by atoms with Crippen molar-refractivity contribution < 1.29 is 14.3 Å². The minimum Gasteiger partial charge on any atom is -0.497 e. The Kier molecular flexibility index (Phi) is 4.95.